The Bertz CT molecular complexity index is 531. The molecular weight excluding hydrogens is 272 g/mol. The van der Waals surface area contributed by atoms with Crippen molar-refractivity contribution in [3.05, 3.63) is 23.0 Å². The molecule has 0 aliphatic carbocycles. The number of imide groups is 1. The number of hydrogen-bond donors (Lipinski definition) is 1. The molecule has 0 bridgehead atoms. The van der Waals surface area contributed by atoms with Crippen LogP contribution in [0.2, 0.25) is 5.15 Å². The van der Waals surface area contributed by atoms with Crippen LogP contribution in [-0.4, -0.2) is 45.4 Å². The van der Waals surface area contributed by atoms with Crippen LogP contribution in [0.4, 0.5) is 0 Å². The number of nitrogens with zero attached hydrogens (tertiary/aromatic N) is 3. The number of piperazine rings is 1. The van der Waals surface area contributed by atoms with Gasteiger partial charge in [-0.25, -0.2) is 0 Å². The lowest BCUT2D eigenvalue weighted by Gasteiger charge is -2.32. The molecule has 1 saturated heterocycles. The summed E-state index contributed by atoms with van der Waals surface area (Å²) >= 11 is 5.59. The zero-order chi connectivity index (χ0) is 14.0. The molecule has 19 heavy (non-hydrogen) atoms. The fourth-order valence-electron chi connectivity index (χ4n) is 1.86. The number of halogens is 1. The molecule has 8 heteroatoms. The van der Waals surface area contributed by atoms with E-state index in [0.29, 0.717) is 6.42 Å². The number of amides is 3. The lowest BCUT2D eigenvalue weighted by atomic mass is 10.1. The first-order valence-electron chi connectivity index (χ1n) is 5.66. The van der Waals surface area contributed by atoms with Gasteiger partial charge < -0.3 is 4.90 Å². The van der Waals surface area contributed by atoms with Gasteiger partial charge in [0.25, 0.3) is 5.91 Å². The van der Waals surface area contributed by atoms with Gasteiger partial charge in [-0.1, -0.05) is 18.5 Å². The van der Waals surface area contributed by atoms with E-state index >= 15 is 0 Å². The Balaban J connectivity index is 2.27. The number of carbonyl (C=O) groups excluding carboxylic acids is 3. The second kappa shape index (κ2) is 5.31. The molecule has 100 valence electrons. The molecule has 0 spiro atoms. The molecule has 1 unspecified atom stereocenters. The average molecular weight is 283 g/mol. The SMILES string of the molecule is CCC1C(=O)NC(=O)CN1C(=O)c1ccc(Cl)nn1. The Labute approximate surface area is 113 Å². The molecule has 2 heterocycles. The van der Waals surface area contributed by atoms with Crippen LogP contribution in [-0.2, 0) is 9.59 Å². The van der Waals surface area contributed by atoms with E-state index in [1.165, 1.54) is 17.0 Å². The van der Waals surface area contributed by atoms with Crippen molar-refractivity contribution in [2.75, 3.05) is 6.54 Å². The molecule has 2 rings (SSSR count). The lowest BCUT2D eigenvalue weighted by Crippen LogP contribution is -2.59. The van der Waals surface area contributed by atoms with Gasteiger partial charge in [-0.15, -0.1) is 10.2 Å². The summed E-state index contributed by atoms with van der Waals surface area (Å²) in [4.78, 5) is 36.4. The maximum Gasteiger partial charge on any atom is 0.275 e. The third-order valence-corrected chi connectivity index (χ3v) is 2.96. The number of nitrogens with one attached hydrogen (secondary N) is 1. The third-order valence-electron chi connectivity index (χ3n) is 2.75. The van der Waals surface area contributed by atoms with Gasteiger partial charge in [0, 0.05) is 0 Å². The summed E-state index contributed by atoms with van der Waals surface area (Å²) in [5, 5.41) is 9.58. The normalized spacial score (nSPS) is 19.3. The van der Waals surface area contributed by atoms with E-state index in [0.717, 1.165) is 0 Å². The average Bonchev–Trinajstić information content (AvgIpc) is 2.38. The van der Waals surface area contributed by atoms with Gasteiger partial charge in [-0.05, 0) is 18.6 Å². The van der Waals surface area contributed by atoms with Gasteiger partial charge in [0.2, 0.25) is 11.8 Å². The highest BCUT2D eigenvalue weighted by Crippen LogP contribution is 2.13. The fourth-order valence-corrected chi connectivity index (χ4v) is 1.96. The van der Waals surface area contributed by atoms with Gasteiger partial charge >= 0.3 is 0 Å². The molecule has 1 aromatic rings. The Morgan fingerprint density at radius 2 is 2.21 bits per heavy atom. The van der Waals surface area contributed by atoms with E-state index in [1.807, 2.05) is 0 Å². The first-order valence-corrected chi connectivity index (χ1v) is 6.04. The fraction of sp³-hybridized carbons (Fsp3) is 0.364. The molecule has 3 amide bonds. The zero-order valence-corrected chi connectivity index (χ0v) is 10.8. The highest BCUT2D eigenvalue weighted by atomic mass is 35.5. The number of rotatable bonds is 2. The maximum atomic E-state index is 12.2. The molecular formula is C11H11ClN4O3. The van der Waals surface area contributed by atoms with Gasteiger partial charge in [-0.2, -0.15) is 0 Å². The van der Waals surface area contributed by atoms with Crippen LogP contribution in [0, 0.1) is 0 Å². The molecule has 1 aliphatic rings. The van der Waals surface area contributed by atoms with Crippen molar-refractivity contribution in [2.24, 2.45) is 0 Å². The Morgan fingerprint density at radius 3 is 2.79 bits per heavy atom. The molecule has 7 nitrogen and oxygen atoms in total. The molecule has 0 saturated carbocycles. The number of hydrogen-bond acceptors (Lipinski definition) is 5. The number of carbonyl (C=O) groups is 3. The maximum absolute atomic E-state index is 12.2. The molecule has 1 aromatic heterocycles. The van der Waals surface area contributed by atoms with Crippen molar-refractivity contribution in [1.82, 2.24) is 20.4 Å². The van der Waals surface area contributed by atoms with Gasteiger partial charge in [0.1, 0.15) is 12.6 Å². The Kier molecular flexibility index (Phi) is 3.75. The lowest BCUT2D eigenvalue weighted by molar-refractivity contribution is -0.138. The van der Waals surface area contributed by atoms with E-state index in [-0.39, 0.29) is 17.4 Å². The van der Waals surface area contributed by atoms with E-state index < -0.39 is 23.8 Å². The number of aromatic nitrogens is 2. The second-order valence-corrected chi connectivity index (χ2v) is 4.40. The summed E-state index contributed by atoms with van der Waals surface area (Å²) in [6.07, 6.45) is 0.409. The largest absolute Gasteiger partial charge is 0.316 e. The van der Waals surface area contributed by atoms with Crippen molar-refractivity contribution in [1.29, 1.82) is 0 Å². The summed E-state index contributed by atoms with van der Waals surface area (Å²) in [7, 11) is 0. The smallest absolute Gasteiger partial charge is 0.275 e. The van der Waals surface area contributed by atoms with Crippen LogP contribution < -0.4 is 5.32 Å². The topological polar surface area (TPSA) is 92.3 Å². The highest BCUT2D eigenvalue weighted by molar-refractivity contribution is 6.29. The van der Waals surface area contributed by atoms with Crippen molar-refractivity contribution in [3.8, 4) is 0 Å². The quantitative estimate of drug-likeness (QED) is 0.771. The minimum atomic E-state index is -0.678. The van der Waals surface area contributed by atoms with Crippen LogP contribution in [0.25, 0.3) is 0 Å². The van der Waals surface area contributed by atoms with Crippen molar-refractivity contribution >= 4 is 29.3 Å². The standard InChI is InChI=1S/C11H11ClN4O3/c1-2-7-10(18)13-9(17)5-16(7)11(19)6-3-4-8(12)15-14-6/h3-4,7H,2,5H2,1H3,(H,13,17,18). The van der Waals surface area contributed by atoms with Gasteiger partial charge in [0.05, 0.1) is 0 Å². The monoisotopic (exact) mass is 282 g/mol. The highest BCUT2D eigenvalue weighted by Gasteiger charge is 2.36. The zero-order valence-electron chi connectivity index (χ0n) is 10.1. The summed E-state index contributed by atoms with van der Waals surface area (Å²) in [5.41, 5.74) is 0.0466. The van der Waals surface area contributed by atoms with Crippen molar-refractivity contribution in [2.45, 2.75) is 19.4 Å². The van der Waals surface area contributed by atoms with Gasteiger partial charge in [0.15, 0.2) is 10.8 Å². The van der Waals surface area contributed by atoms with Crippen LogP contribution in [0.15, 0.2) is 12.1 Å². The summed E-state index contributed by atoms with van der Waals surface area (Å²) in [5.74, 6) is -1.50. The predicted molar refractivity (Wildman–Crippen MR) is 65.3 cm³/mol. The molecule has 1 N–H and O–H groups in total. The first-order chi connectivity index (χ1) is 9.02. The minimum absolute atomic E-state index is 0.0466. The van der Waals surface area contributed by atoms with Crippen LogP contribution in [0.1, 0.15) is 23.8 Å². The molecule has 1 aliphatic heterocycles. The van der Waals surface area contributed by atoms with Crippen LogP contribution in [0.3, 0.4) is 0 Å². The molecule has 1 fully saturated rings. The van der Waals surface area contributed by atoms with Crippen LogP contribution in [0.5, 0.6) is 0 Å². The Morgan fingerprint density at radius 1 is 1.47 bits per heavy atom. The van der Waals surface area contributed by atoms with E-state index in [2.05, 4.69) is 15.5 Å². The van der Waals surface area contributed by atoms with Crippen molar-refractivity contribution < 1.29 is 14.4 Å². The molecule has 0 radical (unpaired) electrons. The Hall–Kier alpha value is -2.02. The molecule has 1 atom stereocenters. The van der Waals surface area contributed by atoms with E-state index in [4.69, 9.17) is 11.6 Å². The van der Waals surface area contributed by atoms with E-state index in [1.54, 1.807) is 6.92 Å². The summed E-state index contributed by atoms with van der Waals surface area (Å²) < 4.78 is 0. The summed E-state index contributed by atoms with van der Waals surface area (Å²) in [6, 6.07) is 2.15. The summed E-state index contributed by atoms with van der Waals surface area (Å²) in [6.45, 7) is 1.58. The van der Waals surface area contributed by atoms with Crippen LogP contribution >= 0.6 is 11.6 Å². The molecule has 0 aromatic carbocycles. The second-order valence-electron chi connectivity index (χ2n) is 4.01. The third kappa shape index (κ3) is 2.70. The first kappa shape index (κ1) is 13.4. The van der Waals surface area contributed by atoms with Gasteiger partial charge in [-0.3, -0.25) is 19.7 Å². The van der Waals surface area contributed by atoms with E-state index in [9.17, 15) is 14.4 Å². The predicted octanol–water partition coefficient (Wildman–Crippen LogP) is 0.00720. The van der Waals surface area contributed by atoms with Crippen molar-refractivity contribution in [3.63, 3.8) is 0 Å². The minimum Gasteiger partial charge on any atom is -0.316 e.